The lowest BCUT2D eigenvalue weighted by molar-refractivity contribution is 1.08. The summed E-state index contributed by atoms with van der Waals surface area (Å²) in [5.41, 5.74) is 15.8. The summed E-state index contributed by atoms with van der Waals surface area (Å²) in [6.45, 7) is 0. The van der Waals surface area contributed by atoms with Crippen LogP contribution >= 0.6 is 0 Å². The molecule has 5 nitrogen and oxygen atoms in total. The minimum absolute atomic E-state index is 0.614. The van der Waals surface area contributed by atoms with Crippen LogP contribution in [0.3, 0.4) is 0 Å². The summed E-state index contributed by atoms with van der Waals surface area (Å²) in [7, 11) is 0. The highest BCUT2D eigenvalue weighted by atomic mass is 15.0. The largest absolute Gasteiger partial charge is 0.307 e. The second kappa shape index (κ2) is 16.8. The van der Waals surface area contributed by atoms with E-state index in [9.17, 15) is 0 Å². The van der Waals surface area contributed by atoms with E-state index >= 15 is 0 Å². The van der Waals surface area contributed by atoms with E-state index in [1.54, 1.807) is 0 Å². The van der Waals surface area contributed by atoms with Gasteiger partial charge in [-0.1, -0.05) is 206 Å². The maximum Gasteiger partial charge on any atom is 0.164 e. The number of benzene rings is 10. The zero-order chi connectivity index (χ0) is 45.7. The van der Waals surface area contributed by atoms with Crippen LogP contribution in [0.15, 0.2) is 249 Å². The molecule has 0 aliphatic heterocycles. The van der Waals surface area contributed by atoms with Gasteiger partial charge in [0.05, 0.1) is 22.2 Å². The molecule has 5 heteroatoms. The van der Waals surface area contributed by atoms with Gasteiger partial charge in [-0.05, 0) is 86.6 Å². The second-order valence-electron chi connectivity index (χ2n) is 17.4. The number of hydrogen-bond acceptors (Lipinski definition) is 4. The summed E-state index contributed by atoms with van der Waals surface area (Å²) in [6, 6.07) is 87.5. The van der Waals surface area contributed by atoms with Crippen LogP contribution in [-0.4, -0.2) is 24.5 Å². The van der Waals surface area contributed by atoms with Gasteiger partial charge in [0.1, 0.15) is 0 Å². The molecule has 0 radical (unpaired) electrons. The molecule has 322 valence electrons. The van der Waals surface area contributed by atoms with E-state index in [-0.39, 0.29) is 0 Å². The fourth-order valence-corrected chi connectivity index (χ4v) is 9.98. The van der Waals surface area contributed by atoms with E-state index in [1.807, 2.05) is 12.1 Å². The zero-order valence-electron chi connectivity index (χ0n) is 37.4. The monoisotopic (exact) mass is 879 g/mol. The van der Waals surface area contributed by atoms with Crippen LogP contribution in [0.4, 0.5) is 0 Å². The summed E-state index contributed by atoms with van der Waals surface area (Å²) < 4.78 is 2.37. The van der Waals surface area contributed by atoms with Crippen LogP contribution in [0.2, 0.25) is 0 Å². The highest BCUT2D eigenvalue weighted by Crippen LogP contribution is 2.42. The van der Waals surface area contributed by atoms with Crippen molar-refractivity contribution in [3.05, 3.63) is 249 Å². The minimum Gasteiger partial charge on any atom is -0.307 e. The Labute approximate surface area is 399 Å². The van der Waals surface area contributed by atoms with Crippen LogP contribution in [0.5, 0.6) is 0 Å². The maximum atomic E-state index is 5.41. The van der Waals surface area contributed by atoms with Gasteiger partial charge < -0.3 is 4.57 Å². The average Bonchev–Trinajstić information content (AvgIpc) is 3.79. The normalized spacial score (nSPS) is 11.5. The Balaban J connectivity index is 0.948. The summed E-state index contributed by atoms with van der Waals surface area (Å²) in [5, 5.41) is 5.72. The van der Waals surface area contributed by atoms with Crippen LogP contribution in [0.1, 0.15) is 0 Å². The van der Waals surface area contributed by atoms with Crippen molar-refractivity contribution in [2.45, 2.75) is 0 Å². The minimum atomic E-state index is 0.614. The lowest BCUT2D eigenvalue weighted by Crippen LogP contribution is -2.01. The molecule has 0 aliphatic carbocycles. The molecule has 0 aliphatic rings. The summed E-state index contributed by atoms with van der Waals surface area (Å²) in [6.07, 6.45) is 0. The smallest absolute Gasteiger partial charge is 0.164 e. The molecular weight excluding hydrogens is 839 g/mol. The van der Waals surface area contributed by atoms with E-state index in [0.29, 0.717) is 17.5 Å². The lowest BCUT2D eigenvalue weighted by atomic mass is 9.93. The molecule has 3 aromatic heterocycles. The Morgan fingerprint density at radius 1 is 0.275 bits per heavy atom. The molecule has 0 bridgehead atoms. The van der Waals surface area contributed by atoms with E-state index in [1.165, 1.54) is 10.8 Å². The van der Waals surface area contributed by atoms with Crippen molar-refractivity contribution in [2.24, 2.45) is 0 Å². The van der Waals surface area contributed by atoms with E-state index in [0.717, 1.165) is 99.7 Å². The number of rotatable bonds is 8. The van der Waals surface area contributed by atoms with E-state index < -0.39 is 0 Å². The quantitative estimate of drug-likeness (QED) is 0.153. The Bertz CT molecular complexity index is 3950. The average molecular weight is 880 g/mol. The van der Waals surface area contributed by atoms with Gasteiger partial charge in [-0.25, -0.2) is 19.9 Å². The van der Waals surface area contributed by atoms with Crippen LogP contribution in [0, 0.1) is 0 Å². The molecule has 0 unspecified atom stereocenters. The molecule has 0 spiro atoms. The number of pyridine rings is 1. The van der Waals surface area contributed by atoms with Gasteiger partial charge in [-0.2, -0.15) is 0 Å². The van der Waals surface area contributed by atoms with E-state index in [2.05, 4.69) is 241 Å². The number of hydrogen-bond donors (Lipinski definition) is 0. The lowest BCUT2D eigenvalue weighted by Gasteiger charge is -2.15. The molecule has 13 rings (SSSR count). The predicted molar refractivity (Wildman–Crippen MR) is 285 cm³/mol. The number of para-hydroxylation sites is 3. The van der Waals surface area contributed by atoms with Crippen LogP contribution < -0.4 is 0 Å². The Kier molecular flexibility index (Phi) is 9.76. The van der Waals surface area contributed by atoms with Crippen molar-refractivity contribution in [3.63, 3.8) is 0 Å². The molecule has 0 amide bonds. The van der Waals surface area contributed by atoms with Crippen molar-refractivity contribution in [1.82, 2.24) is 24.5 Å². The van der Waals surface area contributed by atoms with Gasteiger partial charge in [0.2, 0.25) is 0 Å². The molecular formula is C64H41N5. The van der Waals surface area contributed by atoms with Crippen molar-refractivity contribution < 1.29 is 0 Å². The highest BCUT2D eigenvalue weighted by Gasteiger charge is 2.22. The molecule has 0 atom stereocenters. The fourth-order valence-electron chi connectivity index (χ4n) is 9.98. The van der Waals surface area contributed by atoms with E-state index in [4.69, 9.17) is 19.9 Å². The fraction of sp³-hybridized carbons (Fsp3) is 0. The molecule has 69 heavy (non-hydrogen) atoms. The third-order valence-corrected chi connectivity index (χ3v) is 13.2. The SMILES string of the molecule is c1ccc(-c2cccc(-c3nc(-c4cccc(-c5ccccc5)c4)nc(-c4ccc(-c5ccc(-c6nc7ccccc7c7c8ccccc8n(-c8ccccc8)c67)cc5)c5ccccc45)n3)c2)cc1. The van der Waals surface area contributed by atoms with Crippen molar-refractivity contribution in [3.8, 4) is 84.5 Å². The molecule has 0 N–H and O–H groups in total. The van der Waals surface area contributed by atoms with Gasteiger partial charge >= 0.3 is 0 Å². The van der Waals surface area contributed by atoms with Gasteiger partial charge in [0.15, 0.2) is 17.5 Å². The third kappa shape index (κ3) is 7.12. The van der Waals surface area contributed by atoms with Gasteiger partial charge in [-0.3, -0.25) is 0 Å². The van der Waals surface area contributed by atoms with Crippen LogP contribution in [-0.2, 0) is 0 Å². The van der Waals surface area contributed by atoms with Crippen molar-refractivity contribution in [2.75, 3.05) is 0 Å². The Morgan fingerprint density at radius 2 is 0.739 bits per heavy atom. The maximum absolute atomic E-state index is 5.41. The summed E-state index contributed by atoms with van der Waals surface area (Å²) in [5.74, 6) is 1.84. The number of nitrogens with zero attached hydrogens (tertiary/aromatic N) is 5. The summed E-state index contributed by atoms with van der Waals surface area (Å²) >= 11 is 0. The first-order valence-corrected chi connectivity index (χ1v) is 23.3. The van der Waals surface area contributed by atoms with Gasteiger partial charge in [0.25, 0.3) is 0 Å². The van der Waals surface area contributed by atoms with Crippen LogP contribution in [0.25, 0.3) is 128 Å². The first-order chi connectivity index (χ1) is 34.2. The number of aromatic nitrogens is 5. The zero-order valence-corrected chi connectivity index (χ0v) is 37.4. The molecule has 0 saturated heterocycles. The topological polar surface area (TPSA) is 56.5 Å². The molecule has 0 saturated carbocycles. The van der Waals surface area contributed by atoms with Gasteiger partial charge in [-0.15, -0.1) is 0 Å². The second-order valence-corrected chi connectivity index (χ2v) is 17.4. The van der Waals surface area contributed by atoms with Crippen molar-refractivity contribution >= 4 is 43.5 Å². The molecule has 13 aromatic rings. The first kappa shape index (κ1) is 40.0. The number of fused-ring (bicyclic) bond motifs is 6. The molecule has 10 aromatic carbocycles. The summed E-state index contributed by atoms with van der Waals surface area (Å²) in [4.78, 5) is 21.1. The third-order valence-electron chi connectivity index (χ3n) is 13.2. The molecule has 0 fully saturated rings. The predicted octanol–water partition coefficient (Wildman–Crippen LogP) is 16.3. The molecule has 3 heterocycles. The highest BCUT2D eigenvalue weighted by molar-refractivity contribution is 6.23. The Hall–Kier alpha value is -9.32. The standard InChI is InChI=1S/C64H41N5/c1-4-18-42(19-5-1)46-22-16-24-48(40-46)62-66-63(49-25-17-23-47(41-49)43-20-6-2-7-21-43)68-64(67-62)54-39-38-51(52-28-10-11-29-53(52)54)44-34-36-45(37-35-44)60-61-59(55-30-12-14-32-57(55)65-60)56-31-13-15-33-58(56)69(61)50-26-8-3-9-27-50/h1-41H. The van der Waals surface area contributed by atoms with Gasteiger partial charge in [0, 0.05) is 44.1 Å². The first-order valence-electron chi connectivity index (χ1n) is 23.3. The Morgan fingerprint density at radius 3 is 1.38 bits per heavy atom. The van der Waals surface area contributed by atoms with Crippen molar-refractivity contribution in [1.29, 1.82) is 0 Å².